The highest BCUT2D eigenvalue weighted by Gasteiger charge is 2.18. The summed E-state index contributed by atoms with van der Waals surface area (Å²) >= 11 is 1.49. The maximum Gasteiger partial charge on any atom is 0.323 e. The van der Waals surface area contributed by atoms with E-state index >= 15 is 0 Å². The predicted molar refractivity (Wildman–Crippen MR) is 72.4 cm³/mol. The molecule has 1 aromatic rings. The number of nitrogens with zero attached hydrogens (tertiary/aromatic N) is 2. The highest BCUT2D eigenvalue weighted by atomic mass is 32.1. The van der Waals surface area contributed by atoms with Gasteiger partial charge in [0, 0.05) is 24.0 Å². The van der Waals surface area contributed by atoms with Crippen LogP contribution < -0.4 is 11.1 Å². The summed E-state index contributed by atoms with van der Waals surface area (Å²) in [5, 5.41) is 14.0. The molecule has 0 spiro atoms. The van der Waals surface area contributed by atoms with E-state index in [4.69, 9.17) is 10.8 Å². The summed E-state index contributed by atoms with van der Waals surface area (Å²) in [6, 6.07) is -0.639. The second kappa shape index (κ2) is 7.43. The van der Waals surface area contributed by atoms with Crippen molar-refractivity contribution in [2.24, 2.45) is 5.73 Å². The molecular formula is C11H16N4O4S. The van der Waals surface area contributed by atoms with E-state index in [0.717, 1.165) is 15.6 Å². The van der Waals surface area contributed by atoms with Crippen LogP contribution in [0.15, 0.2) is 5.38 Å². The first kappa shape index (κ1) is 15.9. The van der Waals surface area contributed by atoms with Crippen molar-refractivity contribution in [1.82, 2.24) is 15.2 Å². The number of carboxylic acid groups (broad SMARTS) is 1. The molecule has 0 radical (unpaired) electrons. The van der Waals surface area contributed by atoms with E-state index in [0.29, 0.717) is 13.0 Å². The quantitative estimate of drug-likeness (QED) is 0.630. The van der Waals surface area contributed by atoms with Crippen molar-refractivity contribution in [2.75, 3.05) is 19.6 Å². The molecule has 4 N–H and O–H groups in total. The molecule has 0 saturated carbocycles. The Hall–Kier alpha value is -2.16. The molecule has 0 aliphatic rings. The van der Waals surface area contributed by atoms with Crippen LogP contribution >= 0.6 is 11.3 Å². The minimum absolute atomic E-state index is 0.306. The Kier molecular flexibility index (Phi) is 5.91. The van der Waals surface area contributed by atoms with Gasteiger partial charge >= 0.3 is 12.0 Å². The molecule has 20 heavy (non-hydrogen) atoms. The Balaban J connectivity index is 2.44. The number of nitrogens with one attached hydrogen (secondary N) is 1. The number of primary amides is 1. The third kappa shape index (κ3) is 5.65. The zero-order valence-corrected chi connectivity index (χ0v) is 11.8. The number of aliphatic carboxylic acids is 1. The van der Waals surface area contributed by atoms with Crippen LogP contribution in [0.3, 0.4) is 0 Å². The van der Waals surface area contributed by atoms with Gasteiger partial charge in [0.1, 0.15) is 13.1 Å². The maximum atomic E-state index is 11.7. The van der Waals surface area contributed by atoms with Gasteiger partial charge < -0.3 is 21.1 Å². The molecule has 3 amide bonds. The molecule has 0 aliphatic heterocycles. The van der Waals surface area contributed by atoms with Gasteiger partial charge in [0.25, 0.3) is 0 Å². The van der Waals surface area contributed by atoms with E-state index in [9.17, 15) is 14.4 Å². The standard InChI is InChI=1S/C11H16N4O4S/c1-7-6-20-9(14-7)2-3-13-11(19)15(4-8(12)16)5-10(17)18/h6H,2-5H2,1H3,(H2,12,16)(H,13,19)(H,17,18). The first-order chi connectivity index (χ1) is 9.38. The molecule has 1 heterocycles. The SMILES string of the molecule is Cc1csc(CCNC(=O)N(CC(N)=O)CC(=O)O)n1. The van der Waals surface area contributed by atoms with Crippen LogP contribution in [0.5, 0.6) is 0 Å². The van der Waals surface area contributed by atoms with Crippen LogP contribution in [0.2, 0.25) is 0 Å². The number of hydrogen-bond donors (Lipinski definition) is 3. The number of carbonyl (C=O) groups excluding carboxylic acids is 2. The van der Waals surface area contributed by atoms with E-state index in [1.54, 1.807) is 0 Å². The number of aromatic nitrogens is 1. The number of rotatable bonds is 7. The highest BCUT2D eigenvalue weighted by molar-refractivity contribution is 7.09. The average molecular weight is 300 g/mol. The summed E-state index contributed by atoms with van der Waals surface area (Å²) in [5.74, 6) is -1.98. The first-order valence-electron chi connectivity index (χ1n) is 5.82. The van der Waals surface area contributed by atoms with Crippen LogP contribution in [-0.4, -0.2) is 52.5 Å². The number of carbonyl (C=O) groups is 3. The molecule has 0 bridgehead atoms. The largest absolute Gasteiger partial charge is 0.480 e. The van der Waals surface area contributed by atoms with Crippen LogP contribution in [0, 0.1) is 6.92 Å². The lowest BCUT2D eigenvalue weighted by Gasteiger charge is -2.19. The van der Waals surface area contributed by atoms with Crippen molar-refractivity contribution in [3.8, 4) is 0 Å². The zero-order valence-electron chi connectivity index (χ0n) is 11.0. The second-order valence-corrected chi connectivity index (χ2v) is 5.02. The molecule has 9 heteroatoms. The van der Waals surface area contributed by atoms with Crippen LogP contribution in [0.25, 0.3) is 0 Å². The van der Waals surface area contributed by atoms with Crippen LogP contribution in [0.1, 0.15) is 10.7 Å². The number of urea groups is 1. The summed E-state index contributed by atoms with van der Waals surface area (Å²) in [6.07, 6.45) is 0.543. The molecule has 0 fully saturated rings. The van der Waals surface area contributed by atoms with Gasteiger partial charge in [-0.25, -0.2) is 9.78 Å². The lowest BCUT2D eigenvalue weighted by Crippen LogP contribution is -2.47. The molecular weight excluding hydrogens is 284 g/mol. The van der Waals surface area contributed by atoms with Gasteiger partial charge in [0.2, 0.25) is 5.91 Å². The monoisotopic (exact) mass is 300 g/mol. The average Bonchev–Trinajstić information content (AvgIpc) is 2.73. The number of nitrogens with two attached hydrogens (primary N) is 1. The third-order valence-corrected chi connectivity index (χ3v) is 3.27. The predicted octanol–water partition coefficient (Wildman–Crippen LogP) is -0.424. The summed E-state index contributed by atoms with van der Waals surface area (Å²) in [6.45, 7) is 1.17. The second-order valence-electron chi connectivity index (χ2n) is 4.08. The van der Waals surface area contributed by atoms with Crippen molar-refractivity contribution in [3.63, 3.8) is 0 Å². The van der Waals surface area contributed by atoms with Gasteiger partial charge in [-0.3, -0.25) is 9.59 Å². The minimum Gasteiger partial charge on any atom is -0.480 e. The Morgan fingerprint density at radius 2 is 2.15 bits per heavy atom. The van der Waals surface area contributed by atoms with E-state index in [-0.39, 0.29) is 0 Å². The number of aryl methyl sites for hydroxylation is 1. The number of thiazole rings is 1. The van der Waals surface area contributed by atoms with Crippen molar-refractivity contribution in [3.05, 3.63) is 16.1 Å². The summed E-state index contributed by atoms with van der Waals surface area (Å²) in [4.78, 5) is 38.2. The Morgan fingerprint density at radius 3 is 2.65 bits per heavy atom. The maximum absolute atomic E-state index is 11.7. The Labute approximate surface area is 119 Å². The van der Waals surface area contributed by atoms with Crippen molar-refractivity contribution in [1.29, 1.82) is 0 Å². The highest BCUT2D eigenvalue weighted by Crippen LogP contribution is 2.08. The Bertz CT molecular complexity index is 486. The smallest absolute Gasteiger partial charge is 0.323 e. The number of amides is 3. The first-order valence-corrected chi connectivity index (χ1v) is 6.70. The van der Waals surface area contributed by atoms with E-state index in [2.05, 4.69) is 10.3 Å². The molecule has 1 aromatic heterocycles. The van der Waals surface area contributed by atoms with Gasteiger partial charge in [-0.1, -0.05) is 0 Å². The fraction of sp³-hybridized carbons (Fsp3) is 0.455. The van der Waals surface area contributed by atoms with Crippen molar-refractivity contribution in [2.45, 2.75) is 13.3 Å². The summed E-state index contributed by atoms with van der Waals surface area (Å²) in [7, 11) is 0. The van der Waals surface area contributed by atoms with Gasteiger partial charge in [0.15, 0.2) is 0 Å². The number of carboxylic acids is 1. The van der Waals surface area contributed by atoms with E-state index in [1.807, 2.05) is 12.3 Å². The minimum atomic E-state index is -1.21. The molecule has 110 valence electrons. The topological polar surface area (TPSA) is 126 Å². The molecule has 0 aliphatic carbocycles. The summed E-state index contributed by atoms with van der Waals surface area (Å²) in [5.41, 5.74) is 5.88. The zero-order chi connectivity index (χ0) is 15.1. The molecule has 0 atom stereocenters. The van der Waals surface area contributed by atoms with E-state index in [1.165, 1.54) is 11.3 Å². The molecule has 0 unspecified atom stereocenters. The van der Waals surface area contributed by atoms with Gasteiger partial charge in [-0.2, -0.15) is 0 Å². The lowest BCUT2D eigenvalue weighted by molar-refractivity contribution is -0.137. The molecule has 8 nitrogen and oxygen atoms in total. The van der Waals surface area contributed by atoms with Crippen LogP contribution in [0.4, 0.5) is 4.79 Å². The van der Waals surface area contributed by atoms with Gasteiger partial charge in [-0.05, 0) is 6.92 Å². The molecule has 1 rings (SSSR count). The number of hydrogen-bond acceptors (Lipinski definition) is 5. The van der Waals surface area contributed by atoms with Crippen molar-refractivity contribution < 1.29 is 19.5 Å². The fourth-order valence-electron chi connectivity index (χ4n) is 1.46. The van der Waals surface area contributed by atoms with Crippen molar-refractivity contribution >= 4 is 29.2 Å². The van der Waals surface area contributed by atoms with Gasteiger partial charge in [0.05, 0.1) is 5.01 Å². The Morgan fingerprint density at radius 1 is 1.45 bits per heavy atom. The van der Waals surface area contributed by atoms with E-state index < -0.39 is 31.0 Å². The third-order valence-electron chi connectivity index (χ3n) is 2.24. The fourth-order valence-corrected chi connectivity index (χ4v) is 2.23. The molecule has 0 aromatic carbocycles. The van der Waals surface area contributed by atoms with Gasteiger partial charge in [-0.15, -0.1) is 11.3 Å². The lowest BCUT2D eigenvalue weighted by atomic mass is 10.4. The van der Waals surface area contributed by atoms with Crippen LogP contribution in [-0.2, 0) is 16.0 Å². The summed E-state index contributed by atoms with van der Waals surface area (Å²) < 4.78 is 0. The molecule has 0 saturated heterocycles. The normalized spacial score (nSPS) is 10.1.